The van der Waals surface area contributed by atoms with Crippen LogP contribution in [0.25, 0.3) is 0 Å². The molecule has 0 atom stereocenters. The van der Waals surface area contributed by atoms with Gasteiger partial charge in [0.2, 0.25) is 0 Å². The van der Waals surface area contributed by atoms with Crippen LogP contribution in [0.3, 0.4) is 0 Å². The van der Waals surface area contributed by atoms with Gasteiger partial charge in [-0.25, -0.2) is 9.97 Å². The molecule has 1 aromatic heterocycles. The molecule has 1 aromatic rings. The van der Waals surface area contributed by atoms with E-state index in [1.165, 1.54) is 0 Å². The quantitative estimate of drug-likeness (QED) is 0.753. The first-order chi connectivity index (χ1) is 9.08. The number of nitrogens with one attached hydrogen (secondary N) is 2. The average molecular weight is 264 g/mol. The Morgan fingerprint density at radius 1 is 1.00 bits per heavy atom. The monoisotopic (exact) mass is 264 g/mol. The van der Waals surface area contributed by atoms with E-state index >= 15 is 0 Å². The van der Waals surface area contributed by atoms with Gasteiger partial charge in [-0.1, -0.05) is 27.7 Å². The van der Waals surface area contributed by atoms with E-state index in [1.54, 1.807) is 0 Å². The van der Waals surface area contributed by atoms with Crippen molar-refractivity contribution in [3.8, 4) is 0 Å². The van der Waals surface area contributed by atoms with Crippen LogP contribution >= 0.6 is 0 Å². The predicted octanol–water partition coefficient (Wildman–Crippen LogP) is 3.63. The van der Waals surface area contributed by atoms with Crippen molar-refractivity contribution < 1.29 is 0 Å². The van der Waals surface area contributed by atoms with Crippen LogP contribution < -0.4 is 10.6 Å². The van der Waals surface area contributed by atoms with Crippen LogP contribution in [0.5, 0.6) is 0 Å². The number of hydrogen-bond donors (Lipinski definition) is 2. The normalized spacial score (nSPS) is 10.8. The van der Waals surface area contributed by atoms with Crippen molar-refractivity contribution in [1.82, 2.24) is 9.97 Å². The summed E-state index contributed by atoms with van der Waals surface area (Å²) >= 11 is 0. The van der Waals surface area contributed by atoms with Crippen LogP contribution in [-0.4, -0.2) is 23.1 Å². The topological polar surface area (TPSA) is 49.8 Å². The third kappa shape index (κ3) is 5.05. The molecule has 2 N–H and O–H groups in total. The van der Waals surface area contributed by atoms with E-state index in [9.17, 15) is 0 Å². The Balaban J connectivity index is 2.82. The van der Waals surface area contributed by atoms with E-state index in [-0.39, 0.29) is 0 Å². The maximum absolute atomic E-state index is 4.59. The molecule has 0 aromatic carbocycles. The first kappa shape index (κ1) is 15.7. The molecule has 19 heavy (non-hydrogen) atoms. The highest BCUT2D eigenvalue weighted by Gasteiger charge is 2.09. The minimum absolute atomic E-state index is 0.706. The highest BCUT2D eigenvalue weighted by Crippen LogP contribution is 2.20. The second kappa shape index (κ2) is 7.97. The molecular formula is C15H28N4. The summed E-state index contributed by atoms with van der Waals surface area (Å²) in [7, 11) is 0. The van der Waals surface area contributed by atoms with Crippen molar-refractivity contribution in [1.29, 1.82) is 0 Å². The zero-order valence-electron chi connectivity index (χ0n) is 13.0. The Labute approximate surface area is 117 Å². The molecule has 0 fully saturated rings. The van der Waals surface area contributed by atoms with Crippen molar-refractivity contribution in [2.45, 2.75) is 53.9 Å². The molecule has 0 aliphatic carbocycles. The van der Waals surface area contributed by atoms with Gasteiger partial charge < -0.3 is 10.6 Å². The minimum Gasteiger partial charge on any atom is -0.370 e. The third-order valence-electron chi connectivity index (χ3n) is 3.06. The van der Waals surface area contributed by atoms with Crippen LogP contribution in [0.2, 0.25) is 0 Å². The lowest BCUT2D eigenvalue weighted by Crippen LogP contribution is -2.13. The Bertz CT molecular complexity index is 388. The van der Waals surface area contributed by atoms with Crippen LogP contribution in [0.15, 0.2) is 0 Å². The average Bonchev–Trinajstić information content (AvgIpc) is 2.38. The van der Waals surface area contributed by atoms with Crippen molar-refractivity contribution in [2.75, 3.05) is 23.7 Å². The Morgan fingerprint density at radius 3 is 2.05 bits per heavy atom. The maximum atomic E-state index is 4.59. The van der Waals surface area contributed by atoms with Crippen molar-refractivity contribution >= 4 is 11.6 Å². The van der Waals surface area contributed by atoms with Gasteiger partial charge in [0.05, 0.1) is 0 Å². The predicted molar refractivity (Wildman–Crippen MR) is 82.9 cm³/mol. The van der Waals surface area contributed by atoms with E-state index < -0.39 is 0 Å². The maximum Gasteiger partial charge on any atom is 0.134 e. The summed E-state index contributed by atoms with van der Waals surface area (Å²) in [6.07, 6.45) is 3.11. The lowest BCUT2D eigenvalue weighted by Gasteiger charge is -2.15. The summed E-state index contributed by atoms with van der Waals surface area (Å²) < 4.78 is 0. The molecule has 1 heterocycles. The lowest BCUT2D eigenvalue weighted by atomic mass is 10.1. The Kier molecular flexibility index (Phi) is 6.60. The number of aryl methyl sites for hydroxylation is 1. The van der Waals surface area contributed by atoms with Crippen LogP contribution in [-0.2, 0) is 6.42 Å². The number of nitrogens with zero attached hydrogens (tertiary/aromatic N) is 2. The molecule has 0 radical (unpaired) electrons. The van der Waals surface area contributed by atoms with Crippen LogP contribution in [0.1, 0.15) is 51.9 Å². The summed E-state index contributed by atoms with van der Waals surface area (Å²) in [4.78, 5) is 9.16. The largest absolute Gasteiger partial charge is 0.370 e. The van der Waals surface area contributed by atoms with Crippen LogP contribution in [0.4, 0.5) is 11.6 Å². The summed E-state index contributed by atoms with van der Waals surface area (Å²) in [5, 5.41) is 6.83. The molecule has 0 aliphatic rings. The van der Waals surface area contributed by atoms with E-state index in [0.717, 1.165) is 55.4 Å². The zero-order chi connectivity index (χ0) is 14.3. The number of rotatable bonds is 8. The first-order valence-electron chi connectivity index (χ1n) is 7.43. The molecule has 0 unspecified atom stereocenters. The molecular weight excluding hydrogens is 236 g/mol. The summed E-state index contributed by atoms with van der Waals surface area (Å²) in [6, 6.07) is 0. The first-order valence-corrected chi connectivity index (χ1v) is 7.43. The minimum atomic E-state index is 0.706. The standard InChI is InChI=1S/C15H28N4/c1-6-9-16-14-12(5)15(17-10-8-11(3)4)19-13(7-2)18-14/h11H,6-10H2,1-5H3,(H2,16,17,18,19). The smallest absolute Gasteiger partial charge is 0.134 e. The van der Waals surface area contributed by atoms with Crippen molar-refractivity contribution in [3.63, 3.8) is 0 Å². The van der Waals surface area contributed by atoms with Gasteiger partial charge in [0.1, 0.15) is 17.5 Å². The molecule has 0 saturated heterocycles. The van der Waals surface area contributed by atoms with Gasteiger partial charge >= 0.3 is 0 Å². The Hall–Kier alpha value is -1.32. The fourth-order valence-electron chi connectivity index (χ4n) is 1.79. The molecule has 1 rings (SSSR count). The van der Waals surface area contributed by atoms with E-state index in [4.69, 9.17) is 0 Å². The lowest BCUT2D eigenvalue weighted by molar-refractivity contribution is 0.606. The molecule has 0 spiro atoms. The molecule has 4 nitrogen and oxygen atoms in total. The summed E-state index contributed by atoms with van der Waals surface area (Å²) in [5.74, 6) is 3.56. The molecule has 0 saturated carbocycles. The van der Waals surface area contributed by atoms with Crippen molar-refractivity contribution in [3.05, 3.63) is 11.4 Å². The second-order valence-corrected chi connectivity index (χ2v) is 5.35. The van der Waals surface area contributed by atoms with Gasteiger partial charge in [0.15, 0.2) is 0 Å². The third-order valence-corrected chi connectivity index (χ3v) is 3.06. The van der Waals surface area contributed by atoms with Gasteiger partial charge in [0.25, 0.3) is 0 Å². The summed E-state index contributed by atoms with van der Waals surface area (Å²) in [5.41, 5.74) is 1.12. The van der Waals surface area contributed by atoms with Gasteiger partial charge in [-0.05, 0) is 25.7 Å². The van der Waals surface area contributed by atoms with E-state index in [1.807, 2.05) is 0 Å². The van der Waals surface area contributed by atoms with E-state index in [2.05, 4.69) is 55.2 Å². The second-order valence-electron chi connectivity index (χ2n) is 5.35. The SMILES string of the molecule is CCCNc1nc(CC)nc(NCCC(C)C)c1C. The van der Waals surface area contributed by atoms with Gasteiger partial charge in [0, 0.05) is 25.1 Å². The number of aromatic nitrogens is 2. The highest BCUT2D eigenvalue weighted by molar-refractivity contribution is 5.57. The zero-order valence-corrected chi connectivity index (χ0v) is 13.0. The molecule has 108 valence electrons. The summed E-state index contributed by atoms with van der Waals surface area (Å²) in [6.45, 7) is 12.7. The molecule has 4 heteroatoms. The number of anilines is 2. The van der Waals surface area contributed by atoms with Crippen LogP contribution in [0, 0.1) is 12.8 Å². The van der Waals surface area contributed by atoms with E-state index in [0.29, 0.717) is 5.92 Å². The Morgan fingerprint density at radius 2 is 1.58 bits per heavy atom. The fourth-order valence-corrected chi connectivity index (χ4v) is 1.79. The highest BCUT2D eigenvalue weighted by atomic mass is 15.1. The van der Waals surface area contributed by atoms with Crippen molar-refractivity contribution in [2.24, 2.45) is 5.92 Å². The number of hydrogen-bond acceptors (Lipinski definition) is 4. The van der Waals surface area contributed by atoms with Gasteiger partial charge in [-0.3, -0.25) is 0 Å². The molecule has 0 aliphatic heterocycles. The van der Waals surface area contributed by atoms with Gasteiger partial charge in [-0.15, -0.1) is 0 Å². The molecule has 0 amide bonds. The molecule has 0 bridgehead atoms. The van der Waals surface area contributed by atoms with Gasteiger partial charge in [-0.2, -0.15) is 0 Å². The fraction of sp³-hybridized carbons (Fsp3) is 0.733.